The summed E-state index contributed by atoms with van der Waals surface area (Å²) < 4.78 is 1.92. The van der Waals surface area contributed by atoms with Crippen molar-refractivity contribution in [1.82, 2.24) is 19.6 Å². The second-order valence-corrected chi connectivity index (χ2v) is 8.57. The van der Waals surface area contributed by atoms with Crippen molar-refractivity contribution in [1.29, 1.82) is 0 Å². The van der Waals surface area contributed by atoms with Gasteiger partial charge < -0.3 is 0 Å². The molecule has 0 bridgehead atoms. The molecule has 0 spiro atoms. The quantitative estimate of drug-likeness (QED) is 0.500. The number of nitrogens with zero attached hydrogens (tertiary/aromatic N) is 4. The Morgan fingerprint density at radius 3 is 2.97 bits per heavy atom. The van der Waals surface area contributed by atoms with Crippen LogP contribution in [0.3, 0.4) is 0 Å². The summed E-state index contributed by atoms with van der Waals surface area (Å²) in [6, 6.07) is 2.09. The molecule has 0 N–H and O–H groups in total. The number of aryl methyl sites for hydroxylation is 1. The van der Waals surface area contributed by atoms with Gasteiger partial charge in [-0.15, -0.1) is 0 Å². The lowest BCUT2D eigenvalue weighted by Crippen LogP contribution is -1.96. The fourth-order valence-electron chi connectivity index (χ4n) is 4.64. The molecule has 5 rings (SSSR count). The summed E-state index contributed by atoms with van der Waals surface area (Å²) in [5.41, 5.74) is 8.27. The number of hydrogen-bond acceptors (Lipinski definition) is 3. The molecular weight excluding hydrogens is 356 g/mol. The molecule has 4 heteroatoms. The van der Waals surface area contributed by atoms with Crippen LogP contribution in [-0.2, 0) is 6.42 Å². The van der Waals surface area contributed by atoms with Gasteiger partial charge in [0, 0.05) is 41.0 Å². The van der Waals surface area contributed by atoms with Crippen LogP contribution in [0.2, 0.25) is 0 Å². The first-order chi connectivity index (χ1) is 14.3. The Balaban J connectivity index is 1.51. The second kappa shape index (κ2) is 7.94. The molecule has 1 atom stereocenters. The zero-order chi connectivity index (χ0) is 19.6. The highest BCUT2D eigenvalue weighted by molar-refractivity contribution is 5.84. The van der Waals surface area contributed by atoms with Crippen molar-refractivity contribution in [3.8, 4) is 11.1 Å². The van der Waals surface area contributed by atoms with Gasteiger partial charge in [-0.3, -0.25) is 4.98 Å². The summed E-state index contributed by atoms with van der Waals surface area (Å²) in [6.07, 6.45) is 24.4. The largest absolute Gasteiger partial charge is 0.261 e. The normalized spacial score (nSPS) is 21.1. The molecule has 3 heterocycles. The van der Waals surface area contributed by atoms with Crippen LogP contribution >= 0.6 is 0 Å². The van der Waals surface area contributed by atoms with Crippen molar-refractivity contribution in [3.63, 3.8) is 0 Å². The van der Waals surface area contributed by atoms with Gasteiger partial charge in [0.25, 0.3) is 0 Å². The zero-order valence-electron chi connectivity index (χ0n) is 17.1. The molecule has 1 unspecified atom stereocenters. The monoisotopic (exact) mass is 384 g/mol. The molecule has 0 amide bonds. The van der Waals surface area contributed by atoms with Gasteiger partial charge in [-0.2, -0.15) is 5.10 Å². The van der Waals surface area contributed by atoms with Gasteiger partial charge in [0.05, 0.1) is 6.20 Å². The van der Waals surface area contributed by atoms with Gasteiger partial charge in [0.2, 0.25) is 0 Å². The Hall–Kier alpha value is -2.75. The summed E-state index contributed by atoms with van der Waals surface area (Å²) in [4.78, 5) is 9.42. The van der Waals surface area contributed by atoms with Crippen LogP contribution in [0.15, 0.2) is 42.5 Å². The molecule has 29 heavy (non-hydrogen) atoms. The number of allylic oxidation sites excluding steroid dienone is 2. The third-order valence-corrected chi connectivity index (χ3v) is 6.33. The van der Waals surface area contributed by atoms with Crippen molar-refractivity contribution < 1.29 is 0 Å². The predicted molar refractivity (Wildman–Crippen MR) is 118 cm³/mol. The molecule has 3 aromatic heterocycles. The van der Waals surface area contributed by atoms with Crippen LogP contribution in [0.5, 0.6) is 0 Å². The van der Waals surface area contributed by atoms with Crippen molar-refractivity contribution in [2.24, 2.45) is 5.92 Å². The Morgan fingerprint density at radius 2 is 2.00 bits per heavy atom. The number of hydrogen-bond donors (Lipinski definition) is 0. The molecule has 1 fully saturated rings. The van der Waals surface area contributed by atoms with Crippen LogP contribution in [-0.4, -0.2) is 19.6 Å². The smallest absolute Gasteiger partial charge is 0.162 e. The molecule has 3 aromatic rings. The van der Waals surface area contributed by atoms with Crippen molar-refractivity contribution in [2.75, 3.05) is 0 Å². The number of aromatic nitrogens is 4. The lowest BCUT2D eigenvalue weighted by Gasteiger charge is -2.08. The SMILES string of the molecule is CC1CCCC(=Cc2cnc3c(-c4ccnc5c4C=CCCC5)cnn3c2)CC1. The summed E-state index contributed by atoms with van der Waals surface area (Å²) >= 11 is 0. The first-order valence-electron chi connectivity index (χ1n) is 11.0. The van der Waals surface area contributed by atoms with Gasteiger partial charge in [-0.05, 0) is 62.5 Å². The molecule has 0 saturated heterocycles. The average molecular weight is 385 g/mol. The standard InChI is InChI=1S/C25H28N4/c1-18-6-5-7-19(11-10-18)14-20-15-27-25-23(16-28-29(25)17-20)21-12-13-26-24-9-4-2-3-8-22(21)24/h3,8,12-18H,2,4-7,9-11H2,1H3. The minimum atomic E-state index is 0.847. The summed E-state index contributed by atoms with van der Waals surface area (Å²) in [7, 11) is 0. The molecular formula is C25H28N4. The lowest BCUT2D eigenvalue weighted by molar-refractivity contribution is 0.507. The van der Waals surface area contributed by atoms with Crippen LogP contribution in [0.1, 0.15) is 68.7 Å². The molecule has 2 aliphatic carbocycles. The topological polar surface area (TPSA) is 43.1 Å². The Morgan fingerprint density at radius 1 is 1.03 bits per heavy atom. The van der Waals surface area contributed by atoms with Crippen molar-refractivity contribution in [3.05, 3.63) is 59.3 Å². The third kappa shape index (κ3) is 3.76. The van der Waals surface area contributed by atoms with Gasteiger partial charge in [-0.1, -0.05) is 37.1 Å². The molecule has 148 valence electrons. The summed E-state index contributed by atoms with van der Waals surface area (Å²) in [5, 5.41) is 4.63. The second-order valence-electron chi connectivity index (χ2n) is 8.57. The molecule has 4 nitrogen and oxygen atoms in total. The Kier molecular flexibility index (Phi) is 5.01. The maximum atomic E-state index is 4.81. The summed E-state index contributed by atoms with van der Waals surface area (Å²) in [6.45, 7) is 2.37. The predicted octanol–water partition coefficient (Wildman–Crippen LogP) is 6.12. The van der Waals surface area contributed by atoms with Crippen LogP contribution in [0, 0.1) is 5.92 Å². The Bertz CT molecular complexity index is 1090. The lowest BCUT2D eigenvalue weighted by atomic mass is 10.00. The molecule has 0 aromatic carbocycles. The first-order valence-corrected chi connectivity index (χ1v) is 11.0. The van der Waals surface area contributed by atoms with E-state index in [1.807, 2.05) is 23.1 Å². The van der Waals surface area contributed by atoms with E-state index in [2.05, 4.69) is 47.5 Å². The minimum absolute atomic E-state index is 0.847. The van der Waals surface area contributed by atoms with E-state index in [0.29, 0.717) is 0 Å². The van der Waals surface area contributed by atoms with E-state index in [0.717, 1.165) is 42.0 Å². The third-order valence-electron chi connectivity index (χ3n) is 6.33. The van der Waals surface area contributed by atoms with Crippen molar-refractivity contribution in [2.45, 2.75) is 58.3 Å². The maximum absolute atomic E-state index is 4.81. The molecule has 0 aliphatic heterocycles. The van der Waals surface area contributed by atoms with Crippen LogP contribution < -0.4 is 0 Å². The van der Waals surface area contributed by atoms with Gasteiger partial charge in [-0.25, -0.2) is 9.50 Å². The van der Waals surface area contributed by atoms with E-state index in [-0.39, 0.29) is 0 Å². The highest BCUT2D eigenvalue weighted by atomic mass is 15.2. The van der Waals surface area contributed by atoms with E-state index >= 15 is 0 Å². The van der Waals surface area contributed by atoms with Gasteiger partial charge >= 0.3 is 0 Å². The van der Waals surface area contributed by atoms with Crippen molar-refractivity contribution >= 4 is 17.8 Å². The zero-order valence-corrected chi connectivity index (χ0v) is 17.1. The fourth-order valence-corrected chi connectivity index (χ4v) is 4.64. The van der Waals surface area contributed by atoms with E-state index in [1.54, 1.807) is 5.57 Å². The number of fused-ring (bicyclic) bond motifs is 2. The van der Waals surface area contributed by atoms with Crippen LogP contribution in [0.25, 0.3) is 28.9 Å². The highest BCUT2D eigenvalue weighted by Gasteiger charge is 2.16. The van der Waals surface area contributed by atoms with Crippen LogP contribution in [0.4, 0.5) is 0 Å². The van der Waals surface area contributed by atoms with E-state index in [4.69, 9.17) is 4.98 Å². The molecule has 1 saturated carbocycles. The number of pyridine rings is 1. The van der Waals surface area contributed by atoms with Gasteiger partial charge in [0.1, 0.15) is 0 Å². The Labute approximate surface area is 172 Å². The van der Waals surface area contributed by atoms with E-state index < -0.39 is 0 Å². The summed E-state index contributed by atoms with van der Waals surface area (Å²) in [5.74, 6) is 0.847. The van der Waals surface area contributed by atoms with E-state index in [9.17, 15) is 0 Å². The van der Waals surface area contributed by atoms with E-state index in [1.165, 1.54) is 48.9 Å². The maximum Gasteiger partial charge on any atom is 0.162 e. The first kappa shape index (κ1) is 18.3. The molecule has 0 radical (unpaired) electrons. The highest BCUT2D eigenvalue weighted by Crippen LogP contribution is 2.32. The average Bonchev–Trinajstić information content (AvgIpc) is 2.87. The number of rotatable bonds is 2. The van der Waals surface area contributed by atoms with Gasteiger partial charge in [0.15, 0.2) is 5.65 Å². The minimum Gasteiger partial charge on any atom is -0.261 e. The fraction of sp³-hybridized carbons (Fsp3) is 0.400. The molecule has 2 aliphatic rings.